The number of carboxylic acid groups (broad SMARTS) is 1. The van der Waals surface area contributed by atoms with Crippen molar-refractivity contribution in [1.82, 2.24) is 0 Å². The van der Waals surface area contributed by atoms with Crippen LogP contribution in [0.1, 0.15) is 30.9 Å². The van der Waals surface area contributed by atoms with Gasteiger partial charge in [0.25, 0.3) is 0 Å². The fraction of sp³-hybridized carbons (Fsp3) is 0.462. The second-order valence-electron chi connectivity index (χ2n) is 4.18. The van der Waals surface area contributed by atoms with Gasteiger partial charge in [-0.1, -0.05) is 6.07 Å². The predicted octanol–water partition coefficient (Wildman–Crippen LogP) is 2.94. The van der Waals surface area contributed by atoms with Gasteiger partial charge in [0.1, 0.15) is 5.75 Å². The SMILES string of the molecule is Cc1cc(C)cc(OC(C)CCC(=O)O)c1. The molecule has 0 aliphatic rings. The third-order valence-corrected chi connectivity index (χ3v) is 2.30. The van der Waals surface area contributed by atoms with Gasteiger partial charge in [0, 0.05) is 6.42 Å². The molecule has 0 spiro atoms. The Morgan fingerprint density at radius 2 is 1.88 bits per heavy atom. The molecular formula is C13H18O3. The van der Waals surface area contributed by atoms with E-state index >= 15 is 0 Å². The Balaban J connectivity index is 2.55. The van der Waals surface area contributed by atoms with Crippen LogP contribution in [0.15, 0.2) is 18.2 Å². The second kappa shape index (κ2) is 5.54. The van der Waals surface area contributed by atoms with Crippen LogP contribution in [0.5, 0.6) is 5.75 Å². The summed E-state index contributed by atoms with van der Waals surface area (Å²) in [6, 6.07) is 6.00. The summed E-state index contributed by atoms with van der Waals surface area (Å²) in [6.07, 6.45) is 0.603. The topological polar surface area (TPSA) is 46.5 Å². The van der Waals surface area contributed by atoms with Crippen molar-refractivity contribution in [2.24, 2.45) is 0 Å². The molecule has 0 amide bonds. The van der Waals surface area contributed by atoms with Gasteiger partial charge in [-0.2, -0.15) is 0 Å². The van der Waals surface area contributed by atoms with Gasteiger partial charge in [-0.15, -0.1) is 0 Å². The summed E-state index contributed by atoms with van der Waals surface area (Å²) in [5.74, 6) is 0.0336. The Hall–Kier alpha value is -1.51. The third kappa shape index (κ3) is 4.34. The van der Waals surface area contributed by atoms with Crippen molar-refractivity contribution >= 4 is 5.97 Å². The van der Waals surface area contributed by atoms with Gasteiger partial charge in [-0.3, -0.25) is 4.79 Å². The van der Waals surface area contributed by atoms with E-state index in [1.807, 2.05) is 32.9 Å². The molecule has 0 aliphatic heterocycles. The van der Waals surface area contributed by atoms with Gasteiger partial charge in [0.05, 0.1) is 6.10 Å². The van der Waals surface area contributed by atoms with Gasteiger partial charge in [-0.25, -0.2) is 0 Å². The molecule has 0 heterocycles. The highest BCUT2D eigenvalue weighted by atomic mass is 16.5. The molecule has 0 aliphatic carbocycles. The van der Waals surface area contributed by atoms with E-state index < -0.39 is 5.97 Å². The lowest BCUT2D eigenvalue weighted by Gasteiger charge is -2.14. The third-order valence-electron chi connectivity index (χ3n) is 2.30. The summed E-state index contributed by atoms with van der Waals surface area (Å²) in [5, 5.41) is 8.56. The van der Waals surface area contributed by atoms with Crippen LogP contribution in [-0.4, -0.2) is 17.2 Å². The molecule has 0 saturated heterocycles. The van der Waals surface area contributed by atoms with Crippen molar-refractivity contribution in [1.29, 1.82) is 0 Å². The number of carboxylic acids is 1. The normalized spacial score (nSPS) is 12.2. The Morgan fingerprint density at radius 1 is 1.31 bits per heavy atom. The minimum absolute atomic E-state index is 0.0719. The van der Waals surface area contributed by atoms with Crippen LogP contribution in [0, 0.1) is 13.8 Å². The maximum Gasteiger partial charge on any atom is 0.303 e. The minimum Gasteiger partial charge on any atom is -0.491 e. The fourth-order valence-electron chi connectivity index (χ4n) is 1.62. The summed E-state index contributed by atoms with van der Waals surface area (Å²) in [6.45, 7) is 5.92. The van der Waals surface area contributed by atoms with Crippen LogP contribution in [0.25, 0.3) is 0 Å². The largest absolute Gasteiger partial charge is 0.491 e. The highest BCUT2D eigenvalue weighted by Gasteiger charge is 2.07. The van der Waals surface area contributed by atoms with Crippen molar-refractivity contribution < 1.29 is 14.6 Å². The molecule has 1 atom stereocenters. The lowest BCUT2D eigenvalue weighted by Crippen LogP contribution is -2.13. The zero-order valence-electron chi connectivity index (χ0n) is 9.99. The molecule has 0 fully saturated rings. The predicted molar refractivity (Wildman–Crippen MR) is 62.9 cm³/mol. The Labute approximate surface area is 96.1 Å². The van der Waals surface area contributed by atoms with Gasteiger partial charge < -0.3 is 9.84 Å². The van der Waals surface area contributed by atoms with Crippen LogP contribution in [0.2, 0.25) is 0 Å². The molecule has 88 valence electrons. The van der Waals surface area contributed by atoms with Crippen LogP contribution >= 0.6 is 0 Å². The summed E-state index contributed by atoms with van der Waals surface area (Å²) in [7, 11) is 0. The summed E-state index contributed by atoms with van der Waals surface area (Å²) < 4.78 is 5.66. The average Bonchev–Trinajstić information content (AvgIpc) is 2.12. The maximum absolute atomic E-state index is 10.4. The van der Waals surface area contributed by atoms with Crippen molar-refractivity contribution in [3.8, 4) is 5.75 Å². The summed E-state index contributed by atoms with van der Waals surface area (Å²) in [4.78, 5) is 10.4. The molecule has 1 N–H and O–H groups in total. The van der Waals surface area contributed by atoms with E-state index in [0.29, 0.717) is 6.42 Å². The standard InChI is InChI=1S/C13H18O3/c1-9-6-10(2)8-12(7-9)16-11(3)4-5-13(14)15/h6-8,11H,4-5H2,1-3H3,(H,14,15). The quantitative estimate of drug-likeness (QED) is 0.833. The molecule has 1 aromatic rings. The summed E-state index contributed by atoms with van der Waals surface area (Å²) >= 11 is 0. The number of carbonyl (C=O) groups is 1. The van der Waals surface area contributed by atoms with Crippen LogP contribution in [0.3, 0.4) is 0 Å². The number of ether oxygens (including phenoxy) is 1. The molecule has 0 bridgehead atoms. The first-order valence-corrected chi connectivity index (χ1v) is 5.44. The molecule has 1 aromatic carbocycles. The molecule has 0 saturated carbocycles. The first kappa shape index (κ1) is 12.6. The molecule has 1 rings (SSSR count). The van der Waals surface area contributed by atoms with Crippen LogP contribution in [0.4, 0.5) is 0 Å². The molecule has 0 aromatic heterocycles. The zero-order valence-corrected chi connectivity index (χ0v) is 9.99. The van der Waals surface area contributed by atoms with E-state index in [-0.39, 0.29) is 12.5 Å². The molecule has 0 radical (unpaired) electrons. The molecule has 16 heavy (non-hydrogen) atoms. The lowest BCUT2D eigenvalue weighted by atomic mass is 10.1. The van der Waals surface area contributed by atoms with Gasteiger partial charge >= 0.3 is 5.97 Å². The highest BCUT2D eigenvalue weighted by Crippen LogP contribution is 2.18. The van der Waals surface area contributed by atoms with E-state index in [1.54, 1.807) is 0 Å². The van der Waals surface area contributed by atoms with E-state index in [4.69, 9.17) is 9.84 Å². The number of hydrogen-bond donors (Lipinski definition) is 1. The zero-order chi connectivity index (χ0) is 12.1. The number of benzene rings is 1. The molecule has 3 heteroatoms. The Morgan fingerprint density at radius 3 is 2.38 bits per heavy atom. The van der Waals surface area contributed by atoms with Gasteiger partial charge in [-0.05, 0) is 50.5 Å². The first-order valence-electron chi connectivity index (χ1n) is 5.44. The van der Waals surface area contributed by atoms with E-state index in [0.717, 1.165) is 16.9 Å². The molecule has 3 nitrogen and oxygen atoms in total. The van der Waals surface area contributed by atoms with Crippen molar-refractivity contribution in [3.63, 3.8) is 0 Å². The number of rotatable bonds is 5. The Kier molecular flexibility index (Phi) is 4.35. The number of aryl methyl sites for hydroxylation is 2. The van der Waals surface area contributed by atoms with Crippen LogP contribution < -0.4 is 4.74 Å². The van der Waals surface area contributed by atoms with Crippen molar-refractivity contribution in [2.45, 2.75) is 39.7 Å². The average molecular weight is 222 g/mol. The van der Waals surface area contributed by atoms with E-state index in [9.17, 15) is 4.79 Å². The maximum atomic E-state index is 10.4. The molecular weight excluding hydrogens is 204 g/mol. The van der Waals surface area contributed by atoms with Gasteiger partial charge in [0.15, 0.2) is 0 Å². The highest BCUT2D eigenvalue weighted by molar-refractivity contribution is 5.66. The van der Waals surface area contributed by atoms with E-state index in [2.05, 4.69) is 6.07 Å². The molecule has 1 unspecified atom stereocenters. The Bertz CT molecular complexity index is 351. The second-order valence-corrected chi connectivity index (χ2v) is 4.18. The summed E-state index contributed by atoms with van der Waals surface area (Å²) in [5.41, 5.74) is 2.31. The first-order chi connectivity index (χ1) is 7.47. The van der Waals surface area contributed by atoms with E-state index in [1.165, 1.54) is 0 Å². The van der Waals surface area contributed by atoms with Crippen molar-refractivity contribution in [3.05, 3.63) is 29.3 Å². The van der Waals surface area contributed by atoms with Gasteiger partial charge in [0.2, 0.25) is 0 Å². The lowest BCUT2D eigenvalue weighted by molar-refractivity contribution is -0.137. The smallest absolute Gasteiger partial charge is 0.303 e. The fourth-order valence-corrected chi connectivity index (χ4v) is 1.62. The number of hydrogen-bond acceptors (Lipinski definition) is 2. The monoisotopic (exact) mass is 222 g/mol. The van der Waals surface area contributed by atoms with Crippen LogP contribution in [-0.2, 0) is 4.79 Å². The van der Waals surface area contributed by atoms with Crippen molar-refractivity contribution in [2.75, 3.05) is 0 Å². The number of aliphatic carboxylic acids is 1. The minimum atomic E-state index is -0.782.